The van der Waals surface area contributed by atoms with Crippen molar-refractivity contribution in [2.45, 2.75) is 37.0 Å². The molecule has 5 N–H and O–H groups in total. The summed E-state index contributed by atoms with van der Waals surface area (Å²) in [6, 6.07) is 2.67. The zero-order chi connectivity index (χ0) is 18.0. The molecule has 1 aliphatic rings. The second-order valence-corrected chi connectivity index (χ2v) is 7.00. The standard InChI is InChI=1S/C15H20N4O5S/c16-8(15(22)23)3-5-25-6-10-11(20)12(21)14(24-10)19-7-18-9-2-1-4-17-13(9)19/h1-2,4,7-8,10-12,14,20-21H,3,5-6,16H2,(H,22,23). The minimum atomic E-state index is -1.11. The number of hydrogen-bond donors (Lipinski definition) is 4. The van der Waals surface area contributed by atoms with E-state index in [1.807, 2.05) is 0 Å². The van der Waals surface area contributed by atoms with Crippen molar-refractivity contribution < 1.29 is 24.9 Å². The first-order chi connectivity index (χ1) is 12.0. The predicted molar refractivity (Wildman–Crippen MR) is 91.0 cm³/mol. The smallest absolute Gasteiger partial charge is 0.320 e. The highest BCUT2D eigenvalue weighted by Crippen LogP contribution is 2.32. The zero-order valence-corrected chi connectivity index (χ0v) is 14.1. The number of aliphatic hydroxyl groups is 2. The summed E-state index contributed by atoms with van der Waals surface area (Å²) in [6.07, 6.45) is -0.0333. The average molecular weight is 368 g/mol. The van der Waals surface area contributed by atoms with Gasteiger partial charge in [0.25, 0.3) is 0 Å². The maximum absolute atomic E-state index is 10.7. The van der Waals surface area contributed by atoms with E-state index >= 15 is 0 Å². The highest BCUT2D eigenvalue weighted by Gasteiger charge is 2.44. The van der Waals surface area contributed by atoms with Crippen molar-refractivity contribution in [3.63, 3.8) is 0 Å². The second-order valence-electron chi connectivity index (χ2n) is 5.85. The van der Waals surface area contributed by atoms with Crippen LogP contribution in [0.3, 0.4) is 0 Å². The van der Waals surface area contributed by atoms with Gasteiger partial charge in [-0.1, -0.05) is 0 Å². The van der Waals surface area contributed by atoms with Crippen LogP contribution in [0.5, 0.6) is 0 Å². The molecule has 5 unspecified atom stereocenters. The summed E-state index contributed by atoms with van der Waals surface area (Å²) < 4.78 is 7.41. The fourth-order valence-electron chi connectivity index (χ4n) is 2.68. The van der Waals surface area contributed by atoms with Gasteiger partial charge in [-0.05, 0) is 24.3 Å². The minimum absolute atomic E-state index is 0.324. The summed E-state index contributed by atoms with van der Waals surface area (Å²) >= 11 is 1.42. The molecule has 1 fully saturated rings. The largest absolute Gasteiger partial charge is 0.480 e. The molecule has 5 atom stereocenters. The van der Waals surface area contributed by atoms with E-state index in [0.717, 1.165) is 0 Å². The van der Waals surface area contributed by atoms with Crippen molar-refractivity contribution in [2.24, 2.45) is 5.73 Å². The van der Waals surface area contributed by atoms with Crippen LogP contribution in [0.4, 0.5) is 0 Å². The number of hydrogen-bond acceptors (Lipinski definition) is 8. The summed E-state index contributed by atoms with van der Waals surface area (Å²) in [4.78, 5) is 19.1. The monoisotopic (exact) mass is 368 g/mol. The Morgan fingerprint density at radius 1 is 1.40 bits per heavy atom. The number of pyridine rings is 1. The SMILES string of the molecule is NC(CCSCC1OC(n2cnc3cccnc32)C(O)C1O)C(=O)O. The van der Waals surface area contributed by atoms with Gasteiger partial charge in [-0.3, -0.25) is 9.36 Å². The number of rotatable bonds is 7. The molecule has 10 heteroatoms. The van der Waals surface area contributed by atoms with Crippen LogP contribution < -0.4 is 5.73 Å². The van der Waals surface area contributed by atoms with Crippen molar-refractivity contribution in [1.29, 1.82) is 0 Å². The quantitative estimate of drug-likeness (QED) is 0.479. The van der Waals surface area contributed by atoms with Gasteiger partial charge in [0, 0.05) is 11.9 Å². The van der Waals surface area contributed by atoms with Crippen LogP contribution >= 0.6 is 11.8 Å². The second kappa shape index (κ2) is 7.67. The van der Waals surface area contributed by atoms with Gasteiger partial charge in [-0.15, -0.1) is 0 Å². The average Bonchev–Trinajstić information content (AvgIpc) is 3.14. The molecule has 1 saturated heterocycles. The number of ether oxygens (including phenoxy) is 1. The minimum Gasteiger partial charge on any atom is -0.480 e. The van der Waals surface area contributed by atoms with E-state index in [2.05, 4.69) is 9.97 Å². The van der Waals surface area contributed by atoms with E-state index in [1.54, 1.807) is 22.9 Å². The van der Waals surface area contributed by atoms with Crippen molar-refractivity contribution in [3.8, 4) is 0 Å². The highest BCUT2D eigenvalue weighted by molar-refractivity contribution is 7.99. The Balaban J connectivity index is 1.60. The number of carboxylic acid groups (broad SMARTS) is 1. The van der Waals surface area contributed by atoms with E-state index in [0.29, 0.717) is 29.1 Å². The molecule has 2 aromatic rings. The molecular formula is C15H20N4O5S. The Morgan fingerprint density at radius 2 is 2.20 bits per heavy atom. The van der Waals surface area contributed by atoms with Crippen LogP contribution in [0.2, 0.25) is 0 Å². The van der Waals surface area contributed by atoms with Gasteiger partial charge in [0.2, 0.25) is 0 Å². The number of aliphatic carboxylic acids is 1. The van der Waals surface area contributed by atoms with Gasteiger partial charge in [0.1, 0.15) is 23.8 Å². The van der Waals surface area contributed by atoms with Crippen molar-refractivity contribution >= 4 is 28.9 Å². The summed E-state index contributed by atoms with van der Waals surface area (Å²) in [5.41, 5.74) is 6.69. The molecule has 136 valence electrons. The first-order valence-corrected chi connectivity index (χ1v) is 9.00. The van der Waals surface area contributed by atoms with E-state index < -0.39 is 36.6 Å². The topological polar surface area (TPSA) is 144 Å². The van der Waals surface area contributed by atoms with Crippen LogP contribution in [0.1, 0.15) is 12.6 Å². The number of imidazole rings is 1. The number of nitrogens with zero attached hydrogens (tertiary/aromatic N) is 3. The Bertz CT molecular complexity index is 742. The van der Waals surface area contributed by atoms with Crippen LogP contribution in [-0.4, -0.2) is 71.7 Å². The van der Waals surface area contributed by atoms with Crippen LogP contribution in [0.15, 0.2) is 24.7 Å². The van der Waals surface area contributed by atoms with Crippen LogP contribution in [-0.2, 0) is 9.53 Å². The lowest BCUT2D eigenvalue weighted by molar-refractivity contribution is -0.138. The molecule has 0 saturated carbocycles. The first-order valence-electron chi connectivity index (χ1n) is 7.84. The predicted octanol–water partition coefficient (Wildman–Crippen LogP) is -0.414. The van der Waals surface area contributed by atoms with Gasteiger partial charge in [-0.2, -0.15) is 11.8 Å². The van der Waals surface area contributed by atoms with Crippen molar-refractivity contribution in [1.82, 2.24) is 14.5 Å². The first kappa shape index (κ1) is 18.1. The molecule has 3 rings (SSSR count). The lowest BCUT2D eigenvalue weighted by Gasteiger charge is -2.16. The van der Waals surface area contributed by atoms with Crippen LogP contribution in [0.25, 0.3) is 11.2 Å². The molecule has 0 bridgehead atoms. The van der Waals surface area contributed by atoms with E-state index in [9.17, 15) is 15.0 Å². The molecule has 0 spiro atoms. The molecule has 0 radical (unpaired) electrons. The molecule has 1 aliphatic heterocycles. The summed E-state index contributed by atoms with van der Waals surface area (Å²) in [7, 11) is 0. The fourth-order valence-corrected chi connectivity index (χ4v) is 3.78. The van der Waals surface area contributed by atoms with Crippen LogP contribution in [0, 0.1) is 0 Å². The third-order valence-corrected chi connectivity index (χ3v) is 5.20. The number of thioether (sulfide) groups is 1. The Hall–Kier alpha value is -1.72. The number of fused-ring (bicyclic) bond motifs is 1. The highest BCUT2D eigenvalue weighted by atomic mass is 32.2. The lowest BCUT2D eigenvalue weighted by atomic mass is 10.1. The number of aromatic nitrogens is 3. The van der Waals surface area contributed by atoms with Gasteiger partial charge in [-0.25, -0.2) is 9.97 Å². The maximum Gasteiger partial charge on any atom is 0.320 e. The number of nitrogens with two attached hydrogens (primary N) is 1. The summed E-state index contributed by atoms with van der Waals surface area (Å²) in [5, 5.41) is 29.3. The van der Waals surface area contributed by atoms with Gasteiger partial charge in [0.15, 0.2) is 11.9 Å². The lowest BCUT2D eigenvalue weighted by Crippen LogP contribution is -2.33. The number of aliphatic hydroxyl groups excluding tert-OH is 2. The molecule has 3 heterocycles. The molecule has 25 heavy (non-hydrogen) atoms. The Morgan fingerprint density at radius 3 is 2.96 bits per heavy atom. The van der Waals surface area contributed by atoms with Gasteiger partial charge >= 0.3 is 5.97 Å². The zero-order valence-electron chi connectivity index (χ0n) is 13.3. The fraction of sp³-hybridized carbons (Fsp3) is 0.533. The van der Waals surface area contributed by atoms with E-state index in [1.165, 1.54) is 18.1 Å². The summed E-state index contributed by atoms with van der Waals surface area (Å²) in [5.74, 6) is -0.0926. The van der Waals surface area contributed by atoms with E-state index in [4.69, 9.17) is 15.6 Å². The van der Waals surface area contributed by atoms with E-state index in [-0.39, 0.29) is 0 Å². The van der Waals surface area contributed by atoms with Gasteiger partial charge in [0.05, 0.1) is 12.4 Å². The molecule has 0 amide bonds. The van der Waals surface area contributed by atoms with Gasteiger partial charge < -0.3 is 25.8 Å². The molecule has 2 aromatic heterocycles. The Labute approximate surface area is 147 Å². The number of carbonyl (C=O) groups is 1. The third kappa shape index (κ3) is 3.77. The molecular weight excluding hydrogens is 348 g/mol. The molecule has 0 aliphatic carbocycles. The maximum atomic E-state index is 10.7. The Kier molecular flexibility index (Phi) is 5.54. The van der Waals surface area contributed by atoms with Crippen molar-refractivity contribution in [3.05, 3.63) is 24.7 Å². The summed E-state index contributed by atoms with van der Waals surface area (Å²) in [6.45, 7) is 0. The van der Waals surface area contributed by atoms with Crippen molar-refractivity contribution in [2.75, 3.05) is 11.5 Å². The number of carboxylic acids is 1. The normalized spacial score (nSPS) is 27.6. The molecule has 9 nitrogen and oxygen atoms in total. The molecule has 0 aromatic carbocycles. The third-order valence-electron chi connectivity index (χ3n) is 4.12.